The van der Waals surface area contributed by atoms with Gasteiger partial charge in [0.05, 0.1) is 12.2 Å². The van der Waals surface area contributed by atoms with E-state index in [1.165, 1.54) is 19.3 Å². The van der Waals surface area contributed by atoms with Crippen molar-refractivity contribution in [1.82, 2.24) is 4.90 Å². The molecule has 3 unspecified atom stereocenters. The van der Waals surface area contributed by atoms with Crippen LogP contribution in [0.1, 0.15) is 40.0 Å². The van der Waals surface area contributed by atoms with Crippen molar-refractivity contribution in [2.24, 2.45) is 11.7 Å². The van der Waals surface area contributed by atoms with Crippen LogP contribution >= 0.6 is 0 Å². The zero-order valence-corrected chi connectivity index (χ0v) is 10.9. The summed E-state index contributed by atoms with van der Waals surface area (Å²) >= 11 is 0. The maximum atomic E-state index is 6.01. The van der Waals surface area contributed by atoms with Gasteiger partial charge in [-0.2, -0.15) is 0 Å². The van der Waals surface area contributed by atoms with E-state index in [-0.39, 0.29) is 5.54 Å². The number of likely N-dealkylation sites (tertiary alicyclic amines) is 1. The number of hydrogen-bond acceptors (Lipinski definition) is 3. The van der Waals surface area contributed by atoms with Gasteiger partial charge in [0.1, 0.15) is 0 Å². The number of fused-ring (bicyclic) bond motifs is 2. The molecule has 2 aliphatic rings. The molecule has 0 aliphatic carbocycles. The summed E-state index contributed by atoms with van der Waals surface area (Å²) in [5.41, 5.74) is 6.18. The molecule has 3 nitrogen and oxygen atoms in total. The Bertz CT molecular complexity index is 232. The number of ether oxygens (including phenoxy) is 1. The molecule has 0 saturated carbocycles. The smallest absolute Gasteiger partial charge is 0.0707 e. The molecule has 16 heavy (non-hydrogen) atoms. The van der Waals surface area contributed by atoms with Crippen molar-refractivity contribution >= 4 is 0 Å². The lowest BCUT2D eigenvalue weighted by molar-refractivity contribution is -0.0767. The maximum absolute atomic E-state index is 6.01. The third-order valence-corrected chi connectivity index (χ3v) is 4.09. The van der Waals surface area contributed by atoms with E-state index in [0.717, 1.165) is 19.6 Å². The van der Waals surface area contributed by atoms with Gasteiger partial charge in [-0.05, 0) is 32.1 Å². The van der Waals surface area contributed by atoms with Gasteiger partial charge >= 0.3 is 0 Å². The lowest BCUT2D eigenvalue weighted by Crippen LogP contribution is -2.58. The Hall–Kier alpha value is -0.120. The molecule has 2 saturated heterocycles. The molecule has 0 aromatic heterocycles. The minimum Gasteiger partial charge on any atom is -0.372 e. The number of nitrogens with two attached hydrogens (primary N) is 1. The largest absolute Gasteiger partial charge is 0.372 e. The van der Waals surface area contributed by atoms with Gasteiger partial charge in [0.15, 0.2) is 0 Å². The molecule has 3 atom stereocenters. The second-order valence-electron chi connectivity index (χ2n) is 6.16. The fraction of sp³-hybridized carbons (Fsp3) is 1.00. The van der Waals surface area contributed by atoms with E-state index < -0.39 is 0 Å². The van der Waals surface area contributed by atoms with E-state index in [1.807, 2.05) is 0 Å². The van der Waals surface area contributed by atoms with Gasteiger partial charge in [-0.15, -0.1) is 0 Å². The Morgan fingerprint density at radius 2 is 1.88 bits per heavy atom. The third kappa shape index (κ3) is 2.41. The molecular formula is C13H26N2O. The van der Waals surface area contributed by atoms with Crippen LogP contribution in [0.5, 0.6) is 0 Å². The predicted octanol–water partition coefficient (Wildman–Crippen LogP) is 1.61. The number of rotatable bonds is 4. The highest BCUT2D eigenvalue weighted by Crippen LogP contribution is 2.32. The van der Waals surface area contributed by atoms with E-state index in [1.54, 1.807) is 0 Å². The monoisotopic (exact) mass is 226 g/mol. The van der Waals surface area contributed by atoms with Crippen molar-refractivity contribution in [3.63, 3.8) is 0 Å². The highest BCUT2D eigenvalue weighted by molar-refractivity contribution is 4.95. The topological polar surface area (TPSA) is 38.5 Å². The first-order chi connectivity index (χ1) is 7.53. The van der Waals surface area contributed by atoms with Crippen LogP contribution in [0.3, 0.4) is 0 Å². The summed E-state index contributed by atoms with van der Waals surface area (Å²) in [5, 5.41) is 0. The molecule has 2 bridgehead atoms. The van der Waals surface area contributed by atoms with Crippen LogP contribution in [0.4, 0.5) is 0 Å². The van der Waals surface area contributed by atoms with E-state index in [4.69, 9.17) is 10.5 Å². The Balaban J connectivity index is 2.03. The van der Waals surface area contributed by atoms with Crippen LogP contribution < -0.4 is 5.73 Å². The first-order valence-corrected chi connectivity index (χ1v) is 6.64. The van der Waals surface area contributed by atoms with Gasteiger partial charge in [0, 0.05) is 25.2 Å². The quantitative estimate of drug-likeness (QED) is 0.791. The Morgan fingerprint density at radius 3 is 2.31 bits per heavy atom. The van der Waals surface area contributed by atoms with Crippen molar-refractivity contribution in [3.05, 3.63) is 0 Å². The fourth-order valence-electron chi connectivity index (χ4n) is 3.28. The molecule has 2 fully saturated rings. The summed E-state index contributed by atoms with van der Waals surface area (Å²) in [6.07, 6.45) is 4.60. The molecule has 2 rings (SSSR count). The van der Waals surface area contributed by atoms with Gasteiger partial charge in [0.2, 0.25) is 0 Å². The molecular weight excluding hydrogens is 200 g/mol. The summed E-state index contributed by atoms with van der Waals surface area (Å²) in [7, 11) is 0. The number of nitrogens with zero attached hydrogens (tertiary/aromatic N) is 1. The summed E-state index contributed by atoms with van der Waals surface area (Å²) < 4.78 is 5.89. The lowest BCUT2D eigenvalue weighted by Gasteiger charge is -2.46. The van der Waals surface area contributed by atoms with Gasteiger partial charge in [0.25, 0.3) is 0 Å². The molecule has 0 aromatic rings. The number of hydrogen-bond donors (Lipinski definition) is 1. The second kappa shape index (κ2) is 4.63. The molecule has 0 radical (unpaired) electrons. The molecule has 2 heterocycles. The van der Waals surface area contributed by atoms with Crippen molar-refractivity contribution < 1.29 is 4.74 Å². The SMILES string of the molecule is CC(C)CC(C)(CN)N1CC2CCC(C1)O2. The molecule has 0 amide bonds. The summed E-state index contributed by atoms with van der Waals surface area (Å²) in [6, 6.07) is 0. The standard InChI is InChI=1S/C13H26N2O/c1-10(2)6-13(3,9-14)15-7-11-4-5-12(8-15)16-11/h10-12H,4-9,14H2,1-3H3. The summed E-state index contributed by atoms with van der Waals surface area (Å²) in [6.45, 7) is 9.79. The van der Waals surface area contributed by atoms with Crippen LogP contribution in [0.25, 0.3) is 0 Å². The molecule has 3 heteroatoms. The summed E-state index contributed by atoms with van der Waals surface area (Å²) in [5.74, 6) is 0.703. The average molecular weight is 226 g/mol. The molecule has 94 valence electrons. The molecule has 2 aliphatic heterocycles. The van der Waals surface area contributed by atoms with Crippen LogP contribution in [0.15, 0.2) is 0 Å². The first kappa shape index (κ1) is 12.3. The highest BCUT2D eigenvalue weighted by Gasteiger charge is 2.41. The maximum Gasteiger partial charge on any atom is 0.0707 e. The normalized spacial score (nSPS) is 34.3. The predicted molar refractivity (Wildman–Crippen MR) is 66.4 cm³/mol. The van der Waals surface area contributed by atoms with Crippen molar-refractivity contribution in [2.75, 3.05) is 19.6 Å². The zero-order valence-electron chi connectivity index (χ0n) is 10.9. The van der Waals surface area contributed by atoms with E-state index in [0.29, 0.717) is 18.1 Å². The van der Waals surface area contributed by atoms with E-state index in [9.17, 15) is 0 Å². The fourth-order valence-corrected chi connectivity index (χ4v) is 3.28. The van der Waals surface area contributed by atoms with Crippen molar-refractivity contribution in [3.8, 4) is 0 Å². The van der Waals surface area contributed by atoms with Crippen LogP contribution in [0.2, 0.25) is 0 Å². The number of morpholine rings is 1. The van der Waals surface area contributed by atoms with Crippen LogP contribution in [-0.4, -0.2) is 42.3 Å². The first-order valence-electron chi connectivity index (χ1n) is 6.64. The molecule has 2 N–H and O–H groups in total. The third-order valence-electron chi connectivity index (χ3n) is 4.09. The zero-order chi connectivity index (χ0) is 11.8. The Morgan fingerprint density at radius 1 is 1.31 bits per heavy atom. The van der Waals surface area contributed by atoms with Gasteiger partial charge in [-0.3, -0.25) is 4.90 Å². The van der Waals surface area contributed by atoms with Crippen LogP contribution in [0, 0.1) is 5.92 Å². The second-order valence-corrected chi connectivity index (χ2v) is 6.16. The van der Waals surface area contributed by atoms with Crippen molar-refractivity contribution in [2.45, 2.75) is 57.8 Å². The highest BCUT2D eigenvalue weighted by atomic mass is 16.5. The Kier molecular flexibility index (Phi) is 3.57. The van der Waals surface area contributed by atoms with Gasteiger partial charge in [-0.25, -0.2) is 0 Å². The molecule has 0 spiro atoms. The average Bonchev–Trinajstić information content (AvgIpc) is 2.56. The molecule has 0 aromatic carbocycles. The van der Waals surface area contributed by atoms with Gasteiger partial charge in [-0.1, -0.05) is 13.8 Å². The van der Waals surface area contributed by atoms with E-state index in [2.05, 4.69) is 25.7 Å². The minimum atomic E-state index is 0.165. The van der Waals surface area contributed by atoms with Crippen LogP contribution in [-0.2, 0) is 4.74 Å². The summed E-state index contributed by atoms with van der Waals surface area (Å²) in [4.78, 5) is 2.58. The van der Waals surface area contributed by atoms with Gasteiger partial charge < -0.3 is 10.5 Å². The minimum absolute atomic E-state index is 0.165. The lowest BCUT2D eigenvalue weighted by atomic mass is 9.88. The Labute approximate surface area is 99.3 Å². The van der Waals surface area contributed by atoms with E-state index >= 15 is 0 Å². The van der Waals surface area contributed by atoms with Crippen molar-refractivity contribution in [1.29, 1.82) is 0 Å².